The highest BCUT2D eigenvalue weighted by Gasteiger charge is 2.18. The van der Waals surface area contributed by atoms with Gasteiger partial charge < -0.3 is 15.4 Å². The van der Waals surface area contributed by atoms with E-state index in [0.29, 0.717) is 0 Å². The molecule has 1 heterocycles. The summed E-state index contributed by atoms with van der Waals surface area (Å²) in [7, 11) is 0. The van der Waals surface area contributed by atoms with E-state index in [1.165, 1.54) is 24.4 Å². The number of para-hydroxylation sites is 1. The van der Waals surface area contributed by atoms with Crippen LogP contribution >= 0.6 is 0 Å². The van der Waals surface area contributed by atoms with Crippen LogP contribution in [0.4, 0.5) is 10.1 Å². The first kappa shape index (κ1) is 13.5. The number of rotatable bonds is 3. The van der Waals surface area contributed by atoms with Gasteiger partial charge in [0.2, 0.25) is 0 Å². The van der Waals surface area contributed by atoms with E-state index in [1.54, 1.807) is 0 Å². The SMILES string of the molecule is O=C(O)c1cccc(F)c1NC(=O)c1ccc[nH]c1=O. The molecule has 102 valence electrons. The first-order chi connectivity index (χ1) is 9.50. The molecule has 0 unspecified atom stereocenters. The average molecular weight is 276 g/mol. The fourth-order valence-electron chi connectivity index (χ4n) is 1.61. The van der Waals surface area contributed by atoms with Crippen LogP contribution in [0.1, 0.15) is 20.7 Å². The Morgan fingerprint density at radius 3 is 2.50 bits per heavy atom. The molecule has 2 rings (SSSR count). The van der Waals surface area contributed by atoms with Gasteiger partial charge in [0.1, 0.15) is 11.4 Å². The Labute approximate surface area is 111 Å². The van der Waals surface area contributed by atoms with Crippen LogP contribution in [-0.2, 0) is 0 Å². The van der Waals surface area contributed by atoms with Crippen molar-refractivity contribution in [2.45, 2.75) is 0 Å². The number of H-pyrrole nitrogens is 1. The molecule has 0 saturated carbocycles. The molecule has 1 aromatic heterocycles. The Hall–Kier alpha value is -2.96. The van der Waals surface area contributed by atoms with Crippen molar-refractivity contribution in [2.75, 3.05) is 5.32 Å². The molecule has 3 N–H and O–H groups in total. The number of hydrogen-bond donors (Lipinski definition) is 3. The van der Waals surface area contributed by atoms with Crippen molar-refractivity contribution < 1.29 is 19.1 Å². The maximum Gasteiger partial charge on any atom is 0.337 e. The predicted octanol–water partition coefficient (Wildman–Crippen LogP) is 1.46. The Bertz CT molecular complexity index is 739. The third kappa shape index (κ3) is 2.56. The van der Waals surface area contributed by atoms with Crippen molar-refractivity contribution in [3.8, 4) is 0 Å². The van der Waals surface area contributed by atoms with Gasteiger partial charge in [0.25, 0.3) is 11.5 Å². The van der Waals surface area contributed by atoms with Gasteiger partial charge >= 0.3 is 5.97 Å². The largest absolute Gasteiger partial charge is 0.478 e. The molecule has 0 atom stereocenters. The zero-order chi connectivity index (χ0) is 14.7. The number of anilines is 1. The smallest absolute Gasteiger partial charge is 0.337 e. The molecule has 20 heavy (non-hydrogen) atoms. The van der Waals surface area contributed by atoms with E-state index >= 15 is 0 Å². The molecule has 1 aromatic carbocycles. The van der Waals surface area contributed by atoms with Gasteiger partial charge in [0, 0.05) is 6.20 Å². The molecule has 2 aromatic rings. The van der Waals surface area contributed by atoms with E-state index in [2.05, 4.69) is 10.3 Å². The average Bonchev–Trinajstić information content (AvgIpc) is 2.41. The third-order valence-corrected chi connectivity index (χ3v) is 2.55. The fourth-order valence-corrected chi connectivity index (χ4v) is 1.61. The summed E-state index contributed by atoms with van der Waals surface area (Å²) in [6, 6.07) is 6.04. The summed E-state index contributed by atoms with van der Waals surface area (Å²) < 4.78 is 13.6. The molecule has 0 spiro atoms. The van der Waals surface area contributed by atoms with Crippen LogP contribution in [0.5, 0.6) is 0 Å². The van der Waals surface area contributed by atoms with Crippen LogP contribution in [0.25, 0.3) is 0 Å². The standard InChI is InChI=1S/C13H9FN2O4/c14-9-5-1-3-7(13(19)20)10(9)16-12(18)8-4-2-6-15-11(8)17/h1-6H,(H,15,17)(H,16,18)(H,19,20). The highest BCUT2D eigenvalue weighted by molar-refractivity contribution is 6.07. The molecule has 7 heteroatoms. The molecule has 0 aliphatic carbocycles. The Balaban J connectivity index is 2.41. The third-order valence-electron chi connectivity index (χ3n) is 2.55. The number of amides is 1. The molecule has 0 bridgehead atoms. The molecule has 0 aliphatic rings. The number of carboxylic acid groups (broad SMARTS) is 1. The minimum Gasteiger partial charge on any atom is -0.478 e. The number of nitrogens with one attached hydrogen (secondary N) is 2. The normalized spacial score (nSPS) is 10.1. The number of carbonyl (C=O) groups is 2. The minimum atomic E-state index is -1.39. The number of carboxylic acids is 1. The second-order valence-corrected chi connectivity index (χ2v) is 3.83. The lowest BCUT2D eigenvalue weighted by Crippen LogP contribution is -2.24. The zero-order valence-electron chi connectivity index (χ0n) is 10.0. The zero-order valence-corrected chi connectivity index (χ0v) is 10.0. The first-order valence-corrected chi connectivity index (χ1v) is 5.51. The maximum absolute atomic E-state index is 13.6. The van der Waals surface area contributed by atoms with Gasteiger partial charge in [-0.1, -0.05) is 6.07 Å². The highest BCUT2D eigenvalue weighted by atomic mass is 19.1. The number of pyridine rings is 1. The van der Waals surface area contributed by atoms with Gasteiger partial charge in [0.15, 0.2) is 0 Å². The number of carbonyl (C=O) groups excluding carboxylic acids is 1. The van der Waals surface area contributed by atoms with Crippen LogP contribution in [0.3, 0.4) is 0 Å². The van der Waals surface area contributed by atoms with E-state index in [-0.39, 0.29) is 5.56 Å². The van der Waals surface area contributed by atoms with E-state index in [9.17, 15) is 18.8 Å². The van der Waals surface area contributed by atoms with Crippen molar-refractivity contribution in [3.05, 3.63) is 63.8 Å². The lowest BCUT2D eigenvalue weighted by atomic mass is 10.1. The molecule has 0 radical (unpaired) electrons. The van der Waals surface area contributed by atoms with Crippen molar-refractivity contribution in [2.24, 2.45) is 0 Å². The summed E-state index contributed by atoms with van der Waals surface area (Å²) in [5.74, 6) is -3.17. The van der Waals surface area contributed by atoms with Gasteiger partial charge in [-0.15, -0.1) is 0 Å². The van der Waals surface area contributed by atoms with E-state index in [1.807, 2.05) is 0 Å². The molecule has 6 nitrogen and oxygen atoms in total. The summed E-state index contributed by atoms with van der Waals surface area (Å²) in [5, 5.41) is 11.0. The Morgan fingerprint density at radius 2 is 1.85 bits per heavy atom. The molecule has 1 amide bonds. The number of benzene rings is 1. The van der Waals surface area contributed by atoms with Gasteiger partial charge in [-0.25, -0.2) is 9.18 Å². The van der Waals surface area contributed by atoms with Crippen molar-refractivity contribution in [1.82, 2.24) is 4.98 Å². The van der Waals surface area contributed by atoms with Gasteiger partial charge in [-0.05, 0) is 24.3 Å². The molecule has 0 saturated heterocycles. The van der Waals surface area contributed by atoms with E-state index < -0.39 is 34.5 Å². The van der Waals surface area contributed by atoms with Gasteiger partial charge in [0.05, 0.1) is 11.3 Å². The Kier molecular flexibility index (Phi) is 3.60. The maximum atomic E-state index is 13.6. The lowest BCUT2D eigenvalue weighted by Gasteiger charge is -2.09. The van der Waals surface area contributed by atoms with Crippen LogP contribution in [0.2, 0.25) is 0 Å². The number of aromatic nitrogens is 1. The second kappa shape index (κ2) is 5.35. The van der Waals surface area contributed by atoms with Crippen LogP contribution < -0.4 is 10.9 Å². The van der Waals surface area contributed by atoms with Gasteiger partial charge in [-0.2, -0.15) is 0 Å². The van der Waals surface area contributed by atoms with E-state index in [0.717, 1.165) is 12.1 Å². The van der Waals surface area contributed by atoms with Crippen LogP contribution in [-0.4, -0.2) is 22.0 Å². The molecular weight excluding hydrogens is 267 g/mol. The predicted molar refractivity (Wildman–Crippen MR) is 68.4 cm³/mol. The summed E-state index contributed by atoms with van der Waals surface area (Å²) in [6.07, 6.45) is 1.34. The summed E-state index contributed by atoms with van der Waals surface area (Å²) in [6.45, 7) is 0. The fraction of sp³-hybridized carbons (Fsp3) is 0. The number of hydrogen-bond acceptors (Lipinski definition) is 3. The minimum absolute atomic E-state index is 0.243. The second-order valence-electron chi connectivity index (χ2n) is 3.83. The molecule has 0 fully saturated rings. The summed E-state index contributed by atoms with van der Waals surface area (Å²) in [5.41, 5.74) is -1.77. The molecular formula is C13H9FN2O4. The monoisotopic (exact) mass is 276 g/mol. The first-order valence-electron chi connectivity index (χ1n) is 5.51. The van der Waals surface area contributed by atoms with Crippen molar-refractivity contribution in [1.29, 1.82) is 0 Å². The topological polar surface area (TPSA) is 99.3 Å². The van der Waals surface area contributed by atoms with Crippen LogP contribution in [0, 0.1) is 5.82 Å². The van der Waals surface area contributed by atoms with E-state index in [4.69, 9.17) is 5.11 Å². The van der Waals surface area contributed by atoms with Crippen molar-refractivity contribution in [3.63, 3.8) is 0 Å². The van der Waals surface area contributed by atoms with Crippen LogP contribution in [0.15, 0.2) is 41.3 Å². The quantitative estimate of drug-likeness (QED) is 0.790. The lowest BCUT2D eigenvalue weighted by molar-refractivity contribution is 0.0697. The number of halogens is 1. The molecule has 0 aliphatic heterocycles. The van der Waals surface area contributed by atoms with Gasteiger partial charge in [-0.3, -0.25) is 9.59 Å². The Morgan fingerprint density at radius 1 is 1.15 bits per heavy atom. The summed E-state index contributed by atoms with van der Waals surface area (Å²) >= 11 is 0. The number of aromatic carboxylic acids is 1. The van der Waals surface area contributed by atoms with Crippen molar-refractivity contribution >= 4 is 17.6 Å². The summed E-state index contributed by atoms with van der Waals surface area (Å²) in [4.78, 5) is 36.6. The number of aromatic amines is 1. The highest BCUT2D eigenvalue weighted by Crippen LogP contribution is 2.20.